The monoisotopic (exact) mass is 335 g/mol. The first-order valence-electron chi connectivity index (χ1n) is 8.03. The van der Waals surface area contributed by atoms with E-state index in [0.717, 1.165) is 25.1 Å². The molecule has 23 heavy (non-hydrogen) atoms. The van der Waals surface area contributed by atoms with Crippen molar-refractivity contribution < 1.29 is 9.59 Å². The molecule has 0 aliphatic carbocycles. The lowest BCUT2D eigenvalue weighted by atomic mass is 10.1. The number of benzene rings is 1. The van der Waals surface area contributed by atoms with Gasteiger partial charge in [-0.15, -0.1) is 0 Å². The van der Waals surface area contributed by atoms with Crippen LogP contribution < -0.4 is 4.90 Å². The van der Waals surface area contributed by atoms with Gasteiger partial charge in [0, 0.05) is 13.6 Å². The molecule has 2 amide bonds. The molecule has 5 nitrogen and oxygen atoms in total. The van der Waals surface area contributed by atoms with Crippen molar-refractivity contribution in [1.29, 1.82) is 0 Å². The Hall–Kier alpha value is -1.59. The van der Waals surface area contributed by atoms with Crippen LogP contribution in [0.4, 0.5) is 5.69 Å². The third-order valence-electron chi connectivity index (χ3n) is 4.94. The van der Waals surface area contributed by atoms with Crippen LogP contribution in [0.5, 0.6) is 0 Å². The average Bonchev–Trinajstić information content (AvgIpc) is 3.12. The van der Waals surface area contributed by atoms with Gasteiger partial charge in [-0.3, -0.25) is 14.5 Å². The summed E-state index contributed by atoms with van der Waals surface area (Å²) in [7, 11) is 3.71. The van der Waals surface area contributed by atoms with Crippen molar-refractivity contribution in [3.8, 4) is 0 Å². The Morgan fingerprint density at radius 1 is 1.26 bits per heavy atom. The van der Waals surface area contributed by atoms with Crippen molar-refractivity contribution in [3.05, 3.63) is 29.3 Å². The Balaban J connectivity index is 1.74. The molecule has 2 aliphatic rings. The van der Waals surface area contributed by atoms with Crippen molar-refractivity contribution >= 4 is 29.1 Å². The highest BCUT2D eigenvalue weighted by molar-refractivity contribution is 6.34. The maximum absolute atomic E-state index is 12.8. The van der Waals surface area contributed by atoms with Gasteiger partial charge < -0.3 is 9.80 Å². The van der Waals surface area contributed by atoms with E-state index in [1.54, 1.807) is 22.9 Å². The number of anilines is 1. The van der Waals surface area contributed by atoms with Gasteiger partial charge >= 0.3 is 0 Å². The maximum Gasteiger partial charge on any atom is 0.249 e. The second kappa shape index (κ2) is 6.49. The Kier molecular flexibility index (Phi) is 4.60. The first kappa shape index (κ1) is 16.3. The molecule has 0 saturated carbocycles. The van der Waals surface area contributed by atoms with Crippen LogP contribution in [0.3, 0.4) is 0 Å². The van der Waals surface area contributed by atoms with Crippen LogP contribution in [0.15, 0.2) is 24.3 Å². The number of likely N-dealkylation sites (N-methyl/N-ethyl adjacent to an activating group) is 2. The van der Waals surface area contributed by atoms with Crippen LogP contribution in [0.25, 0.3) is 0 Å². The standard InChI is InChI=1S/C17H22ClN3O2/c1-19-10-5-8-14(19)16(22)20(2)15-9-11-21(17(15)23)13-7-4-3-6-12(13)18/h3-4,6-7,14-15H,5,8-11H2,1-2H3/t14-,15-/m1/s1. The maximum atomic E-state index is 12.8. The summed E-state index contributed by atoms with van der Waals surface area (Å²) >= 11 is 6.20. The first-order valence-corrected chi connectivity index (χ1v) is 8.41. The summed E-state index contributed by atoms with van der Waals surface area (Å²) < 4.78 is 0. The van der Waals surface area contributed by atoms with E-state index < -0.39 is 6.04 Å². The van der Waals surface area contributed by atoms with Gasteiger partial charge in [0.05, 0.1) is 16.8 Å². The number of likely N-dealkylation sites (tertiary alicyclic amines) is 1. The molecule has 0 unspecified atom stereocenters. The van der Waals surface area contributed by atoms with E-state index >= 15 is 0 Å². The topological polar surface area (TPSA) is 43.9 Å². The second-order valence-electron chi connectivity index (χ2n) is 6.33. The molecule has 0 N–H and O–H groups in total. The lowest BCUT2D eigenvalue weighted by molar-refractivity contribution is -0.140. The summed E-state index contributed by atoms with van der Waals surface area (Å²) in [5.41, 5.74) is 0.723. The predicted molar refractivity (Wildman–Crippen MR) is 90.6 cm³/mol. The zero-order valence-corrected chi connectivity index (χ0v) is 14.3. The van der Waals surface area contributed by atoms with Crippen molar-refractivity contribution in [2.45, 2.75) is 31.3 Å². The predicted octanol–water partition coefficient (Wildman–Crippen LogP) is 2.00. The van der Waals surface area contributed by atoms with Crippen LogP contribution in [0, 0.1) is 0 Å². The molecular formula is C17H22ClN3O2. The van der Waals surface area contributed by atoms with Gasteiger partial charge in [0.15, 0.2) is 0 Å². The largest absolute Gasteiger partial charge is 0.332 e. The van der Waals surface area contributed by atoms with E-state index in [0.29, 0.717) is 18.0 Å². The quantitative estimate of drug-likeness (QED) is 0.848. The molecule has 2 heterocycles. The van der Waals surface area contributed by atoms with Gasteiger partial charge in [0.1, 0.15) is 6.04 Å². The number of nitrogens with zero attached hydrogens (tertiary/aromatic N) is 3. The lowest BCUT2D eigenvalue weighted by Gasteiger charge is -2.29. The molecule has 6 heteroatoms. The number of halogens is 1. The number of hydrogen-bond acceptors (Lipinski definition) is 3. The highest BCUT2D eigenvalue weighted by Gasteiger charge is 2.40. The minimum absolute atomic E-state index is 0.0457. The van der Waals surface area contributed by atoms with E-state index in [-0.39, 0.29) is 17.9 Å². The van der Waals surface area contributed by atoms with Crippen molar-refractivity contribution in [2.75, 3.05) is 32.1 Å². The van der Waals surface area contributed by atoms with Crippen LogP contribution in [0.2, 0.25) is 5.02 Å². The normalized spacial score (nSPS) is 25.2. The summed E-state index contributed by atoms with van der Waals surface area (Å²) in [5.74, 6) is -0.000964. The molecule has 0 spiro atoms. The Labute approximate surface area is 141 Å². The van der Waals surface area contributed by atoms with E-state index in [2.05, 4.69) is 4.90 Å². The van der Waals surface area contributed by atoms with Crippen molar-refractivity contribution in [1.82, 2.24) is 9.80 Å². The summed E-state index contributed by atoms with van der Waals surface area (Å²) in [6.45, 7) is 1.53. The highest BCUT2D eigenvalue weighted by atomic mass is 35.5. The van der Waals surface area contributed by atoms with E-state index in [9.17, 15) is 9.59 Å². The molecule has 2 fully saturated rings. The molecule has 1 aromatic carbocycles. The van der Waals surface area contributed by atoms with Gasteiger partial charge in [0.2, 0.25) is 11.8 Å². The smallest absolute Gasteiger partial charge is 0.249 e. The Morgan fingerprint density at radius 3 is 2.65 bits per heavy atom. The van der Waals surface area contributed by atoms with E-state index in [1.807, 2.05) is 25.2 Å². The molecule has 2 atom stereocenters. The average molecular weight is 336 g/mol. The van der Waals surface area contributed by atoms with Gasteiger partial charge in [0.25, 0.3) is 0 Å². The van der Waals surface area contributed by atoms with Crippen molar-refractivity contribution in [3.63, 3.8) is 0 Å². The zero-order chi connectivity index (χ0) is 16.6. The first-order chi connectivity index (χ1) is 11.0. The van der Waals surface area contributed by atoms with Gasteiger partial charge in [-0.2, -0.15) is 0 Å². The minimum atomic E-state index is -0.396. The fourth-order valence-electron chi connectivity index (χ4n) is 3.54. The fraction of sp³-hybridized carbons (Fsp3) is 0.529. The van der Waals surface area contributed by atoms with Gasteiger partial charge in [-0.05, 0) is 45.0 Å². The SMILES string of the molecule is CN1CCC[C@@H]1C(=O)N(C)[C@@H]1CCN(c2ccccc2Cl)C1=O. The number of rotatable bonds is 3. The summed E-state index contributed by atoms with van der Waals surface area (Å²) in [5, 5.41) is 0.561. The third-order valence-corrected chi connectivity index (χ3v) is 5.26. The molecule has 2 aliphatic heterocycles. The summed E-state index contributed by atoms with van der Waals surface area (Å²) in [6.07, 6.45) is 2.54. The van der Waals surface area contributed by atoms with Crippen LogP contribution >= 0.6 is 11.6 Å². The summed E-state index contributed by atoms with van der Waals surface area (Å²) in [6, 6.07) is 6.84. The van der Waals surface area contributed by atoms with Crippen LogP contribution in [-0.4, -0.2) is 60.9 Å². The number of amides is 2. The molecule has 124 valence electrons. The summed E-state index contributed by atoms with van der Waals surface area (Å²) in [4.78, 5) is 30.8. The van der Waals surface area contributed by atoms with Gasteiger partial charge in [-0.1, -0.05) is 23.7 Å². The lowest BCUT2D eigenvalue weighted by Crippen LogP contribution is -2.49. The van der Waals surface area contributed by atoms with Crippen molar-refractivity contribution in [2.24, 2.45) is 0 Å². The van der Waals surface area contributed by atoms with E-state index in [1.165, 1.54) is 0 Å². The minimum Gasteiger partial charge on any atom is -0.332 e. The molecular weight excluding hydrogens is 314 g/mol. The fourth-order valence-corrected chi connectivity index (χ4v) is 3.78. The zero-order valence-electron chi connectivity index (χ0n) is 13.5. The highest BCUT2D eigenvalue weighted by Crippen LogP contribution is 2.30. The molecule has 0 bridgehead atoms. The number of hydrogen-bond donors (Lipinski definition) is 0. The molecule has 1 aromatic rings. The Morgan fingerprint density at radius 2 is 2.00 bits per heavy atom. The third kappa shape index (κ3) is 2.95. The van der Waals surface area contributed by atoms with Gasteiger partial charge in [-0.25, -0.2) is 0 Å². The molecule has 3 rings (SSSR count). The number of carbonyl (C=O) groups excluding carboxylic acids is 2. The molecule has 0 aromatic heterocycles. The second-order valence-corrected chi connectivity index (χ2v) is 6.74. The van der Waals surface area contributed by atoms with Crippen LogP contribution in [0.1, 0.15) is 19.3 Å². The number of para-hydroxylation sites is 1. The molecule has 2 saturated heterocycles. The van der Waals surface area contributed by atoms with Crippen LogP contribution in [-0.2, 0) is 9.59 Å². The molecule has 0 radical (unpaired) electrons. The Bertz CT molecular complexity index is 622. The van der Waals surface area contributed by atoms with E-state index in [4.69, 9.17) is 11.6 Å². The number of carbonyl (C=O) groups is 2.